The van der Waals surface area contributed by atoms with Crippen molar-refractivity contribution in [1.82, 2.24) is 10.3 Å². The molecule has 0 unspecified atom stereocenters. The number of aromatic nitrogens is 1. The normalized spacial score (nSPS) is 13.7. The van der Waals surface area contributed by atoms with E-state index in [1.54, 1.807) is 18.3 Å². The number of hydrogen-bond donors (Lipinski definition) is 2. The fourth-order valence-corrected chi connectivity index (χ4v) is 1.64. The number of anilines is 1. The number of pyridine rings is 1. The van der Waals surface area contributed by atoms with Gasteiger partial charge in [0, 0.05) is 25.2 Å². The summed E-state index contributed by atoms with van der Waals surface area (Å²) >= 11 is 0. The van der Waals surface area contributed by atoms with Crippen LogP contribution >= 0.6 is 0 Å². The number of nitrogens with zero attached hydrogens (tertiary/aromatic N) is 1. The Morgan fingerprint density at radius 2 is 2.26 bits per heavy atom. The van der Waals surface area contributed by atoms with Crippen LogP contribution in [0.4, 0.5) is 5.82 Å². The van der Waals surface area contributed by atoms with Crippen molar-refractivity contribution in [3.05, 3.63) is 23.9 Å². The van der Waals surface area contributed by atoms with E-state index in [1.165, 1.54) is 7.11 Å². The molecule has 1 aromatic heterocycles. The van der Waals surface area contributed by atoms with E-state index in [4.69, 9.17) is 0 Å². The van der Waals surface area contributed by atoms with Gasteiger partial charge in [0.2, 0.25) is 5.91 Å². The SMILES string of the molecule is COC(=O)c1cccnc1NCCC(=O)NC1CC1. The molecule has 19 heavy (non-hydrogen) atoms. The van der Waals surface area contributed by atoms with Gasteiger partial charge in [-0.2, -0.15) is 0 Å². The second-order valence-electron chi connectivity index (χ2n) is 4.41. The predicted molar refractivity (Wildman–Crippen MR) is 69.8 cm³/mol. The van der Waals surface area contributed by atoms with E-state index in [0.29, 0.717) is 30.4 Å². The first-order valence-electron chi connectivity index (χ1n) is 6.27. The summed E-state index contributed by atoms with van der Waals surface area (Å²) in [4.78, 5) is 27.1. The number of rotatable bonds is 6. The van der Waals surface area contributed by atoms with E-state index in [1.807, 2.05) is 0 Å². The van der Waals surface area contributed by atoms with Crippen LogP contribution in [0.3, 0.4) is 0 Å². The molecule has 1 heterocycles. The van der Waals surface area contributed by atoms with Crippen LogP contribution < -0.4 is 10.6 Å². The Hall–Kier alpha value is -2.11. The van der Waals surface area contributed by atoms with Crippen LogP contribution in [0, 0.1) is 0 Å². The highest BCUT2D eigenvalue weighted by Crippen LogP contribution is 2.18. The Balaban J connectivity index is 1.84. The summed E-state index contributed by atoms with van der Waals surface area (Å²) in [6.07, 6.45) is 4.09. The molecule has 0 spiro atoms. The number of carbonyl (C=O) groups is 2. The highest BCUT2D eigenvalue weighted by molar-refractivity contribution is 5.94. The van der Waals surface area contributed by atoms with E-state index in [-0.39, 0.29) is 5.91 Å². The summed E-state index contributed by atoms with van der Waals surface area (Å²) < 4.78 is 4.67. The lowest BCUT2D eigenvalue weighted by molar-refractivity contribution is -0.120. The monoisotopic (exact) mass is 263 g/mol. The molecule has 0 atom stereocenters. The summed E-state index contributed by atoms with van der Waals surface area (Å²) in [6.45, 7) is 0.430. The molecular weight excluding hydrogens is 246 g/mol. The fraction of sp³-hybridized carbons (Fsp3) is 0.462. The van der Waals surface area contributed by atoms with Gasteiger partial charge in [0.25, 0.3) is 0 Å². The predicted octanol–water partition coefficient (Wildman–Crippen LogP) is 0.949. The van der Waals surface area contributed by atoms with Gasteiger partial charge < -0.3 is 15.4 Å². The number of carbonyl (C=O) groups excluding carboxylic acids is 2. The zero-order valence-corrected chi connectivity index (χ0v) is 10.8. The molecule has 6 nitrogen and oxygen atoms in total. The average Bonchev–Trinajstić information content (AvgIpc) is 3.22. The molecule has 2 rings (SSSR count). The molecule has 2 N–H and O–H groups in total. The Morgan fingerprint density at radius 1 is 1.47 bits per heavy atom. The van der Waals surface area contributed by atoms with Crippen LogP contribution in [0.2, 0.25) is 0 Å². The molecule has 0 bridgehead atoms. The first-order chi connectivity index (χ1) is 9.20. The zero-order valence-electron chi connectivity index (χ0n) is 10.8. The third-order valence-corrected chi connectivity index (χ3v) is 2.80. The van der Waals surface area contributed by atoms with Crippen molar-refractivity contribution >= 4 is 17.7 Å². The zero-order chi connectivity index (χ0) is 13.7. The van der Waals surface area contributed by atoms with Crippen LogP contribution in [0.15, 0.2) is 18.3 Å². The van der Waals surface area contributed by atoms with Gasteiger partial charge in [0.1, 0.15) is 11.4 Å². The highest BCUT2D eigenvalue weighted by atomic mass is 16.5. The summed E-state index contributed by atoms with van der Waals surface area (Å²) in [5.41, 5.74) is 0.368. The van der Waals surface area contributed by atoms with E-state index < -0.39 is 5.97 Å². The standard InChI is InChI=1S/C13H17N3O3/c1-19-13(18)10-3-2-7-14-12(10)15-8-6-11(17)16-9-4-5-9/h2-3,7,9H,4-6,8H2,1H3,(H,14,15)(H,16,17). The van der Waals surface area contributed by atoms with E-state index in [0.717, 1.165) is 12.8 Å². The molecule has 6 heteroatoms. The Bertz CT molecular complexity index is 472. The minimum atomic E-state index is -0.446. The van der Waals surface area contributed by atoms with E-state index in [9.17, 15) is 9.59 Å². The minimum Gasteiger partial charge on any atom is -0.465 e. The second kappa shape index (κ2) is 6.17. The van der Waals surface area contributed by atoms with Crippen LogP contribution in [-0.4, -0.2) is 36.6 Å². The van der Waals surface area contributed by atoms with Gasteiger partial charge in [-0.05, 0) is 25.0 Å². The summed E-state index contributed by atoms with van der Waals surface area (Å²) in [5, 5.41) is 5.88. The van der Waals surface area contributed by atoms with Crippen molar-refractivity contribution in [1.29, 1.82) is 0 Å². The van der Waals surface area contributed by atoms with Gasteiger partial charge in [-0.1, -0.05) is 0 Å². The van der Waals surface area contributed by atoms with Gasteiger partial charge in [0.15, 0.2) is 0 Å². The summed E-state index contributed by atoms with van der Waals surface area (Å²) in [7, 11) is 1.32. The molecular formula is C13H17N3O3. The maximum absolute atomic E-state index is 11.5. The smallest absolute Gasteiger partial charge is 0.341 e. The maximum Gasteiger partial charge on any atom is 0.341 e. The van der Waals surface area contributed by atoms with Crippen molar-refractivity contribution in [2.45, 2.75) is 25.3 Å². The Kier molecular flexibility index (Phi) is 4.33. The molecule has 0 aliphatic heterocycles. The van der Waals surface area contributed by atoms with Crippen LogP contribution in [0.25, 0.3) is 0 Å². The van der Waals surface area contributed by atoms with Crippen molar-refractivity contribution in [2.75, 3.05) is 19.0 Å². The second-order valence-corrected chi connectivity index (χ2v) is 4.41. The molecule has 0 radical (unpaired) electrons. The van der Waals surface area contributed by atoms with Crippen LogP contribution in [-0.2, 0) is 9.53 Å². The number of methoxy groups -OCH3 is 1. The number of hydrogen-bond acceptors (Lipinski definition) is 5. The topological polar surface area (TPSA) is 80.3 Å². The van der Waals surface area contributed by atoms with Gasteiger partial charge in [-0.25, -0.2) is 9.78 Å². The lowest BCUT2D eigenvalue weighted by Gasteiger charge is -2.09. The minimum absolute atomic E-state index is 0.0190. The van der Waals surface area contributed by atoms with Gasteiger partial charge >= 0.3 is 5.97 Å². The molecule has 1 aliphatic rings. The molecule has 102 valence electrons. The third-order valence-electron chi connectivity index (χ3n) is 2.80. The van der Waals surface area contributed by atoms with Crippen molar-refractivity contribution in [3.8, 4) is 0 Å². The molecule has 1 amide bonds. The highest BCUT2D eigenvalue weighted by Gasteiger charge is 2.22. The van der Waals surface area contributed by atoms with Crippen molar-refractivity contribution in [2.24, 2.45) is 0 Å². The van der Waals surface area contributed by atoms with E-state index in [2.05, 4.69) is 20.4 Å². The number of esters is 1. The molecule has 1 aliphatic carbocycles. The van der Waals surface area contributed by atoms with Gasteiger partial charge in [-0.15, -0.1) is 0 Å². The largest absolute Gasteiger partial charge is 0.465 e. The maximum atomic E-state index is 11.5. The molecule has 1 aromatic rings. The molecule has 0 saturated heterocycles. The van der Waals surface area contributed by atoms with Crippen LogP contribution in [0.1, 0.15) is 29.6 Å². The lowest BCUT2D eigenvalue weighted by atomic mass is 10.2. The molecule has 1 fully saturated rings. The Morgan fingerprint density at radius 3 is 2.95 bits per heavy atom. The quantitative estimate of drug-likeness (QED) is 0.747. The first-order valence-corrected chi connectivity index (χ1v) is 6.27. The van der Waals surface area contributed by atoms with Gasteiger partial charge in [0.05, 0.1) is 7.11 Å². The molecule has 1 saturated carbocycles. The number of nitrogens with one attached hydrogen (secondary N) is 2. The lowest BCUT2D eigenvalue weighted by Crippen LogP contribution is -2.27. The fourth-order valence-electron chi connectivity index (χ4n) is 1.64. The van der Waals surface area contributed by atoms with Crippen molar-refractivity contribution < 1.29 is 14.3 Å². The van der Waals surface area contributed by atoms with E-state index >= 15 is 0 Å². The van der Waals surface area contributed by atoms with Gasteiger partial charge in [-0.3, -0.25) is 4.79 Å². The van der Waals surface area contributed by atoms with Crippen molar-refractivity contribution in [3.63, 3.8) is 0 Å². The number of amides is 1. The number of ether oxygens (including phenoxy) is 1. The summed E-state index contributed by atoms with van der Waals surface area (Å²) in [6, 6.07) is 3.66. The third kappa shape index (κ3) is 3.94. The Labute approximate surface area is 111 Å². The summed E-state index contributed by atoms with van der Waals surface area (Å²) in [5.74, 6) is 0.0113. The first kappa shape index (κ1) is 13.3. The molecule has 0 aromatic carbocycles. The average molecular weight is 263 g/mol. The van der Waals surface area contributed by atoms with Crippen LogP contribution in [0.5, 0.6) is 0 Å².